The number of phenolic OH excluding ortho intramolecular Hbond substituents is 1. The van der Waals surface area contributed by atoms with Crippen LogP contribution in [0, 0.1) is 12.8 Å². The molecule has 2 N–H and O–H groups in total. The fourth-order valence-electron chi connectivity index (χ4n) is 3.69. The van der Waals surface area contributed by atoms with Crippen molar-refractivity contribution in [3.8, 4) is 16.9 Å². The quantitative estimate of drug-likeness (QED) is 0.451. The molecule has 0 bridgehead atoms. The Labute approximate surface area is 179 Å². The smallest absolute Gasteiger partial charge is 0.132 e. The number of aliphatic hydroxyl groups excluding tert-OH is 1. The molecule has 3 rings (SSSR count). The first kappa shape index (κ1) is 21.8. The molecule has 3 heteroatoms. The molecule has 0 fully saturated rings. The van der Waals surface area contributed by atoms with E-state index in [0.29, 0.717) is 5.56 Å². The third-order valence-corrected chi connectivity index (χ3v) is 5.53. The van der Waals surface area contributed by atoms with E-state index in [9.17, 15) is 10.2 Å². The first-order chi connectivity index (χ1) is 14.5. The maximum atomic E-state index is 11.3. The molecule has 0 radical (unpaired) electrons. The molecule has 156 valence electrons. The number of aliphatic imine (C=N–C) groups is 1. The van der Waals surface area contributed by atoms with Crippen molar-refractivity contribution < 1.29 is 10.2 Å². The number of aromatic hydroxyl groups is 1. The zero-order valence-electron chi connectivity index (χ0n) is 18.3. The van der Waals surface area contributed by atoms with Gasteiger partial charge in [-0.25, -0.2) is 0 Å². The topological polar surface area (TPSA) is 52.8 Å². The lowest BCUT2D eigenvalue weighted by molar-refractivity contribution is 0.240. The van der Waals surface area contributed by atoms with Crippen molar-refractivity contribution in [1.29, 1.82) is 0 Å². The monoisotopic (exact) mass is 401 g/mol. The molecule has 0 spiro atoms. The van der Waals surface area contributed by atoms with Crippen molar-refractivity contribution in [2.45, 2.75) is 40.2 Å². The van der Waals surface area contributed by atoms with Crippen LogP contribution in [0.25, 0.3) is 28.0 Å². The maximum Gasteiger partial charge on any atom is 0.132 e. The number of aryl methyl sites for hydroxylation is 1. The van der Waals surface area contributed by atoms with E-state index in [-0.39, 0.29) is 24.3 Å². The number of aliphatic hydroxyl groups is 1. The van der Waals surface area contributed by atoms with E-state index in [1.807, 2.05) is 44.2 Å². The van der Waals surface area contributed by atoms with Crippen LogP contribution >= 0.6 is 0 Å². The van der Waals surface area contributed by atoms with Gasteiger partial charge < -0.3 is 10.2 Å². The van der Waals surface area contributed by atoms with Crippen LogP contribution in [0.5, 0.6) is 5.75 Å². The molecule has 0 aliphatic heterocycles. The molecule has 1 unspecified atom stereocenters. The third-order valence-electron chi connectivity index (χ3n) is 5.53. The Morgan fingerprint density at radius 2 is 1.83 bits per heavy atom. The van der Waals surface area contributed by atoms with Crippen LogP contribution in [-0.2, 0) is 0 Å². The van der Waals surface area contributed by atoms with E-state index >= 15 is 0 Å². The van der Waals surface area contributed by atoms with Crippen molar-refractivity contribution >= 4 is 23.1 Å². The van der Waals surface area contributed by atoms with Crippen LogP contribution in [0.2, 0.25) is 0 Å². The van der Waals surface area contributed by atoms with E-state index in [1.54, 1.807) is 6.21 Å². The molecule has 1 atom stereocenters. The van der Waals surface area contributed by atoms with Gasteiger partial charge in [0.25, 0.3) is 0 Å². The number of benzene rings is 3. The lowest BCUT2D eigenvalue weighted by atomic mass is 9.89. The zero-order valence-corrected chi connectivity index (χ0v) is 18.3. The Morgan fingerprint density at radius 3 is 2.53 bits per heavy atom. The van der Waals surface area contributed by atoms with Crippen LogP contribution in [-0.4, -0.2) is 29.1 Å². The molecular formula is C27H31NO2. The molecule has 0 aliphatic rings. The highest BCUT2D eigenvalue weighted by molar-refractivity contribution is 6.06. The summed E-state index contributed by atoms with van der Waals surface area (Å²) >= 11 is 0. The van der Waals surface area contributed by atoms with Crippen molar-refractivity contribution in [2.75, 3.05) is 6.61 Å². The SMILES string of the molecule is CC/C=C\c1c(C)cccc1-c1c(O)c(C=NC(CO)C(C)C)cc2ccccc12. The number of hydrogen-bond donors (Lipinski definition) is 2. The molecule has 3 aromatic carbocycles. The Kier molecular flexibility index (Phi) is 7.07. The molecular weight excluding hydrogens is 370 g/mol. The summed E-state index contributed by atoms with van der Waals surface area (Å²) < 4.78 is 0. The Morgan fingerprint density at radius 1 is 1.07 bits per heavy atom. The summed E-state index contributed by atoms with van der Waals surface area (Å²) in [7, 11) is 0. The van der Waals surface area contributed by atoms with Gasteiger partial charge in [-0.1, -0.05) is 75.4 Å². The van der Waals surface area contributed by atoms with Crippen LogP contribution < -0.4 is 0 Å². The summed E-state index contributed by atoms with van der Waals surface area (Å²) in [6, 6.07) is 16.1. The molecule has 3 nitrogen and oxygen atoms in total. The predicted molar refractivity (Wildman–Crippen MR) is 128 cm³/mol. The maximum absolute atomic E-state index is 11.3. The highest BCUT2D eigenvalue weighted by atomic mass is 16.3. The van der Waals surface area contributed by atoms with Gasteiger partial charge in [-0.3, -0.25) is 4.99 Å². The number of rotatable bonds is 7. The number of phenols is 1. The summed E-state index contributed by atoms with van der Waals surface area (Å²) in [5, 5.41) is 23.0. The van der Waals surface area contributed by atoms with Crippen LogP contribution in [0.1, 0.15) is 43.9 Å². The van der Waals surface area contributed by atoms with Crippen molar-refractivity contribution in [1.82, 2.24) is 0 Å². The second kappa shape index (κ2) is 9.73. The van der Waals surface area contributed by atoms with Gasteiger partial charge in [-0.15, -0.1) is 0 Å². The molecule has 0 amide bonds. The molecule has 3 aromatic rings. The van der Waals surface area contributed by atoms with E-state index in [1.165, 1.54) is 5.56 Å². The normalized spacial score (nSPS) is 13.1. The van der Waals surface area contributed by atoms with Gasteiger partial charge in [-0.2, -0.15) is 0 Å². The fraction of sp³-hybridized carbons (Fsp3) is 0.296. The summed E-state index contributed by atoms with van der Waals surface area (Å²) in [6.07, 6.45) is 6.93. The van der Waals surface area contributed by atoms with E-state index < -0.39 is 0 Å². The van der Waals surface area contributed by atoms with E-state index in [2.05, 4.69) is 49.2 Å². The minimum atomic E-state index is -0.193. The van der Waals surface area contributed by atoms with Gasteiger partial charge in [0.1, 0.15) is 5.75 Å². The van der Waals surface area contributed by atoms with Crippen LogP contribution in [0.4, 0.5) is 0 Å². The summed E-state index contributed by atoms with van der Waals surface area (Å²) in [6.45, 7) is 8.26. The Bertz CT molecular complexity index is 1080. The van der Waals surface area contributed by atoms with Crippen molar-refractivity contribution in [3.05, 3.63) is 71.3 Å². The minimum absolute atomic E-state index is 0.0147. The molecule has 0 saturated carbocycles. The van der Waals surface area contributed by atoms with E-state index in [0.717, 1.165) is 33.9 Å². The Hall–Kier alpha value is -2.91. The van der Waals surface area contributed by atoms with Crippen LogP contribution in [0.15, 0.2) is 59.6 Å². The average Bonchev–Trinajstić information content (AvgIpc) is 2.73. The van der Waals surface area contributed by atoms with Gasteiger partial charge in [0, 0.05) is 17.3 Å². The second-order valence-electron chi connectivity index (χ2n) is 8.03. The van der Waals surface area contributed by atoms with Crippen molar-refractivity contribution in [3.63, 3.8) is 0 Å². The summed E-state index contributed by atoms with van der Waals surface area (Å²) in [5.74, 6) is 0.436. The molecule has 0 heterocycles. The van der Waals surface area contributed by atoms with Gasteiger partial charge in [0.05, 0.1) is 12.6 Å². The van der Waals surface area contributed by atoms with Crippen molar-refractivity contribution in [2.24, 2.45) is 10.9 Å². The lowest BCUT2D eigenvalue weighted by Crippen LogP contribution is -2.17. The highest BCUT2D eigenvalue weighted by Crippen LogP contribution is 2.41. The largest absolute Gasteiger partial charge is 0.507 e. The van der Waals surface area contributed by atoms with Gasteiger partial charge in [0.2, 0.25) is 0 Å². The lowest BCUT2D eigenvalue weighted by Gasteiger charge is -2.17. The third kappa shape index (κ3) is 4.47. The predicted octanol–water partition coefficient (Wildman–Crippen LogP) is 6.38. The van der Waals surface area contributed by atoms with E-state index in [4.69, 9.17) is 0 Å². The standard InChI is InChI=1S/C27H31NO2/c1-5-6-12-22-19(4)10-9-14-24(22)26-23-13-8-7-11-20(23)15-21(27(26)30)16-28-25(17-29)18(2)3/h6-16,18,25,29-30H,5,17H2,1-4H3/b12-6-,28-16?. The summed E-state index contributed by atoms with van der Waals surface area (Å²) in [5.41, 5.74) is 4.77. The van der Waals surface area contributed by atoms with Gasteiger partial charge in [0.15, 0.2) is 0 Å². The number of nitrogens with zero attached hydrogens (tertiary/aromatic N) is 1. The average molecular weight is 402 g/mol. The number of hydrogen-bond acceptors (Lipinski definition) is 3. The number of fused-ring (bicyclic) bond motifs is 1. The second-order valence-corrected chi connectivity index (χ2v) is 8.03. The Balaban J connectivity index is 2.28. The first-order valence-corrected chi connectivity index (χ1v) is 10.6. The molecule has 0 aromatic heterocycles. The number of allylic oxidation sites excluding steroid dienone is 1. The van der Waals surface area contributed by atoms with Gasteiger partial charge >= 0.3 is 0 Å². The zero-order chi connectivity index (χ0) is 21.7. The molecule has 0 saturated heterocycles. The summed E-state index contributed by atoms with van der Waals surface area (Å²) in [4.78, 5) is 4.55. The molecule has 30 heavy (non-hydrogen) atoms. The van der Waals surface area contributed by atoms with Gasteiger partial charge in [-0.05, 0) is 52.8 Å². The highest BCUT2D eigenvalue weighted by Gasteiger charge is 2.17. The molecule has 0 aliphatic carbocycles. The minimum Gasteiger partial charge on any atom is -0.507 e. The first-order valence-electron chi connectivity index (χ1n) is 10.6. The van der Waals surface area contributed by atoms with Crippen LogP contribution in [0.3, 0.4) is 0 Å². The fourth-order valence-corrected chi connectivity index (χ4v) is 3.69.